The van der Waals surface area contributed by atoms with Crippen LogP contribution in [0.4, 0.5) is 0 Å². The van der Waals surface area contributed by atoms with Gasteiger partial charge in [0.25, 0.3) is 0 Å². The Morgan fingerprint density at radius 3 is 2.50 bits per heavy atom. The lowest BCUT2D eigenvalue weighted by molar-refractivity contribution is 0.219. The molecule has 2 nitrogen and oxygen atoms in total. The summed E-state index contributed by atoms with van der Waals surface area (Å²) in [5.41, 5.74) is 0. The van der Waals surface area contributed by atoms with E-state index in [9.17, 15) is 0 Å². The molecule has 0 unspecified atom stereocenters. The Hall–Kier alpha value is -0.0800. The molecular formula is C12H26N2. The number of nitrogens with zero attached hydrogens (tertiary/aromatic N) is 1. The molecule has 0 spiro atoms. The summed E-state index contributed by atoms with van der Waals surface area (Å²) in [5.74, 6) is 0. The van der Waals surface area contributed by atoms with Gasteiger partial charge in [-0.1, -0.05) is 6.92 Å². The molecule has 0 aromatic rings. The van der Waals surface area contributed by atoms with Crippen molar-refractivity contribution in [3.8, 4) is 0 Å². The standard InChI is InChI=1S/C12H26N2/c1-4-9-14(11(2)3)10-5-8-13-12-6-7-12/h11-13H,4-10H2,1-3H3. The van der Waals surface area contributed by atoms with Crippen LogP contribution in [0.3, 0.4) is 0 Å². The molecular weight excluding hydrogens is 172 g/mol. The lowest BCUT2D eigenvalue weighted by atomic mass is 10.2. The molecule has 0 bridgehead atoms. The fraction of sp³-hybridized carbons (Fsp3) is 1.00. The van der Waals surface area contributed by atoms with Gasteiger partial charge in [0, 0.05) is 12.1 Å². The first-order valence-electron chi connectivity index (χ1n) is 6.21. The molecule has 1 aliphatic rings. The Bertz CT molecular complexity index is 141. The fourth-order valence-corrected chi connectivity index (χ4v) is 1.79. The van der Waals surface area contributed by atoms with Gasteiger partial charge in [0.1, 0.15) is 0 Å². The van der Waals surface area contributed by atoms with E-state index in [4.69, 9.17) is 0 Å². The minimum Gasteiger partial charge on any atom is -0.314 e. The Kier molecular flexibility index (Phi) is 5.49. The lowest BCUT2D eigenvalue weighted by Gasteiger charge is -2.25. The zero-order valence-corrected chi connectivity index (χ0v) is 10.1. The van der Waals surface area contributed by atoms with E-state index in [2.05, 4.69) is 31.0 Å². The molecule has 0 amide bonds. The lowest BCUT2D eigenvalue weighted by Crippen LogP contribution is -2.34. The second-order valence-corrected chi connectivity index (χ2v) is 4.71. The predicted molar refractivity (Wildman–Crippen MR) is 62.6 cm³/mol. The highest BCUT2D eigenvalue weighted by Gasteiger charge is 2.19. The normalized spacial score (nSPS) is 16.9. The molecule has 1 fully saturated rings. The molecule has 84 valence electrons. The second-order valence-electron chi connectivity index (χ2n) is 4.71. The third-order valence-corrected chi connectivity index (χ3v) is 2.87. The van der Waals surface area contributed by atoms with Gasteiger partial charge in [-0.05, 0) is 59.2 Å². The van der Waals surface area contributed by atoms with Crippen LogP contribution in [0, 0.1) is 0 Å². The first kappa shape index (κ1) is 12.0. The highest BCUT2D eigenvalue weighted by atomic mass is 15.1. The molecule has 0 aromatic carbocycles. The van der Waals surface area contributed by atoms with Crippen molar-refractivity contribution in [1.82, 2.24) is 10.2 Å². The molecule has 0 heterocycles. The molecule has 14 heavy (non-hydrogen) atoms. The van der Waals surface area contributed by atoms with E-state index < -0.39 is 0 Å². The number of hydrogen-bond donors (Lipinski definition) is 1. The summed E-state index contributed by atoms with van der Waals surface area (Å²) in [4.78, 5) is 2.58. The van der Waals surface area contributed by atoms with Gasteiger partial charge in [-0.3, -0.25) is 0 Å². The van der Waals surface area contributed by atoms with Crippen LogP contribution >= 0.6 is 0 Å². The van der Waals surface area contributed by atoms with Gasteiger partial charge in [0.05, 0.1) is 0 Å². The second kappa shape index (κ2) is 6.41. The van der Waals surface area contributed by atoms with E-state index in [0.717, 1.165) is 6.04 Å². The van der Waals surface area contributed by atoms with Gasteiger partial charge in [0.15, 0.2) is 0 Å². The van der Waals surface area contributed by atoms with Crippen molar-refractivity contribution in [3.05, 3.63) is 0 Å². The monoisotopic (exact) mass is 198 g/mol. The Morgan fingerprint density at radius 1 is 1.29 bits per heavy atom. The Balaban J connectivity index is 1.99. The zero-order chi connectivity index (χ0) is 10.4. The average molecular weight is 198 g/mol. The van der Waals surface area contributed by atoms with Crippen molar-refractivity contribution in [2.75, 3.05) is 19.6 Å². The number of rotatable bonds is 8. The summed E-state index contributed by atoms with van der Waals surface area (Å²) in [6, 6.07) is 1.57. The maximum Gasteiger partial charge on any atom is 0.00682 e. The smallest absolute Gasteiger partial charge is 0.00682 e. The minimum absolute atomic E-state index is 0.705. The van der Waals surface area contributed by atoms with Crippen molar-refractivity contribution in [2.45, 2.75) is 58.5 Å². The van der Waals surface area contributed by atoms with Crippen LogP contribution in [0.2, 0.25) is 0 Å². The summed E-state index contributed by atoms with van der Waals surface area (Å²) >= 11 is 0. The number of hydrogen-bond acceptors (Lipinski definition) is 2. The molecule has 0 radical (unpaired) electrons. The van der Waals surface area contributed by atoms with E-state index in [1.807, 2.05) is 0 Å². The summed E-state index contributed by atoms with van der Waals surface area (Å²) < 4.78 is 0. The van der Waals surface area contributed by atoms with Crippen molar-refractivity contribution in [2.24, 2.45) is 0 Å². The van der Waals surface area contributed by atoms with E-state index in [0.29, 0.717) is 6.04 Å². The summed E-state index contributed by atoms with van der Waals surface area (Å²) in [7, 11) is 0. The van der Waals surface area contributed by atoms with Crippen LogP contribution in [0.5, 0.6) is 0 Å². The van der Waals surface area contributed by atoms with Crippen LogP contribution in [0.15, 0.2) is 0 Å². The van der Waals surface area contributed by atoms with Crippen LogP contribution in [0.1, 0.15) is 46.5 Å². The molecule has 1 saturated carbocycles. The van der Waals surface area contributed by atoms with Crippen molar-refractivity contribution in [3.63, 3.8) is 0 Å². The molecule has 0 atom stereocenters. The van der Waals surface area contributed by atoms with Crippen molar-refractivity contribution >= 4 is 0 Å². The average Bonchev–Trinajstić information content (AvgIpc) is 2.93. The molecule has 1 rings (SSSR count). The summed E-state index contributed by atoms with van der Waals surface area (Å²) in [5, 5.41) is 3.57. The van der Waals surface area contributed by atoms with Gasteiger partial charge in [-0.2, -0.15) is 0 Å². The molecule has 0 saturated heterocycles. The van der Waals surface area contributed by atoms with Crippen LogP contribution in [-0.4, -0.2) is 36.6 Å². The third-order valence-electron chi connectivity index (χ3n) is 2.87. The molecule has 1 aliphatic carbocycles. The molecule has 1 N–H and O–H groups in total. The molecule has 2 heteroatoms. The van der Waals surface area contributed by atoms with E-state index in [-0.39, 0.29) is 0 Å². The predicted octanol–water partition coefficient (Wildman–Crippen LogP) is 2.25. The molecule has 0 aliphatic heterocycles. The van der Waals surface area contributed by atoms with Crippen molar-refractivity contribution in [1.29, 1.82) is 0 Å². The first-order valence-corrected chi connectivity index (χ1v) is 6.21. The summed E-state index contributed by atoms with van der Waals surface area (Å²) in [6.07, 6.45) is 5.38. The van der Waals surface area contributed by atoms with Crippen LogP contribution in [0.25, 0.3) is 0 Å². The first-order chi connectivity index (χ1) is 6.74. The Labute approximate surface area is 89.1 Å². The SMILES string of the molecule is CCCN(CCCNC1CC1)C(C)C. The van der Waals surface area contributed by atoms with Gasteiger partial charge in [-0.25, -0.2) is 0 Å². The highest BCUT2D eigenvalue weighted by molar-refractivity contribution is 4.80. The number of nitrogens with one attached hydrogen (secondary N) is 1. The Morgan fingerprint density at radius 2 is 2.00 bits per heavy atom. The third kappa shape index (κ3) is 4.97. The minimum atomic E-state index is 0.705. The molecule has 0 aromatic heterocycles. The van der Waals surface area contributed by atoms with E-state index >= 15 is 0 Å². The van der Waals surface area contributed by atoms with Gasteiger partial charge >= 0.3 is 0 Å². The van der Waals surface area contributed by atoms with E-state index in [1.165, 1.54) is 45.3 Å². The maximum absolute atomic E-state index is 3.57. The van der Waals surface area contributed by atoms with Gasteiger partial charge < -0.3 is 10.2 Å². The largest absolute Gasteiger partial charge is 0.314 e. The van der Waals surface area contributed by atoms with Crippen LogP contribution in [-0.2, 0) is 0 Å². The fourth-order valence-electron chi connectivity index (χ4n) is 1.79. The summed E-state index contributed by atoms with van der Waals surface area (Å²) in [6.45, 7) is 10.6. The zero-order valence-electron chi connectivity index (χ0n) is 10.1. The maximum atomic E-state index is 3.57. The van der Waals surface area contributed by atoms with Gasteiger partial charge in [-0.15, -0.1) is 0 Å². The van der Waals surface area contributed by atoms with E-state index in [1.54, 1.807) is 0 Å². The highest BCUT2D eigenvalue weighted by Crippen LogP contribution is 2.18. The topological polar surface area (TPSA) is 15.3 Å². The van der Waals surface area contributed by atoms with Crippen LogP contribution < -0.4 is 5.32 Å². The quantitative estimate of drug-likeness (QED) is 0.602. The van der Waals surface area contributed by atoms with Gasteiger partial charge in [0.2, 0.25) is 0 Å². The van der Waals surface area contributed by atoms with Crippen molar-refractivity contribution < 1.29 is 0 Å².